The minimum absolute atomic E-state index is 0.0818. The van der Waals surface area contributed by atoms with E-state index >= 15 is 0 Å². The summed E-state index contributed by atoms with van der Waals surface area (Å²) in [6.45, 7) is 0. The first-order chi connectivity index (χ1) is 11.2. The number of aromatic nitrogens is 4. The highest BCUT2D eigenvalue weighted by Gasteiger charge is 2.11. The molecule has 0 aliphatic heterocycles. The Balaban J connectivity index is 1.57. The number of carbonyl (C=O) groups excluding carboxylic acids is 2. The standard InChI is InChI=1S/C14H12N6O2S/c21-11(18-13-15-8-16-20-13)6-10-7-23-14(17-10)19-12(22)9-4-2-1-3-5-9/h1-5,7-8H,6H2,(H,17,19,22)(H2,15,16,18,20,21). The molecule has 0 radical (unpaired) electrons. The number of H-pyrrole nitrogens is 1. The van der Waals surface area contributed by atoms with Gasteiger partial charge < -0.3 is 0 Å². The van der Waals surface area contributed by atoms with Crippen molar-refractivity contribution in [2.24, 2.45) is 0 Å². The Morgan fingerprint density at radius 2 is 2.00 bits per heavy atom. The van der Waals surface area contributed by atoms with Crippen molar-refractivity contribution in [3.63, 3.8) is 0 Å². The van der Waals surface area contributed by atoms with E-state index < -0.39 is 0 Å². The maximum Gasteiger partial charge on any atom is 0.257 e. The van der Waals surface area contributed by atoms with E-state index in [4.69, 9.17) is 0 Å². The number of aromatic amines is 1. The molecule has 0 atom stereocenters. The normalized spacial score (nSPS) is 10.3. The quantitative estimate of drug-likeness (QED) is 0.660. The summed E-state index contributed by atoms with van der Waals surface area (Å²) in [4.78, 5) is 31.9. The van der Waals surface area contributed by atoms with Gasteiger partial charge >= 0.3 is 0 Å². The van der Waals surface area contributed by atoms with Crippen molar-refractivity contribution in [3.05, 3.63) is 53.3 Å². The second-order valence-corrected chi connectivity index (χ2v) is 5.38. The monoisotopic (exact) mass is 328 g/mol. The lowest BCUT2D eigenvalue weighted by molar-refractivity contribution is -0.115. The van der Waals surface area contributed by atoms with Crippen LogP contribution >= 0.6 is 11.3 Å². The Hall–Kier alpha value is -3.07. The van der Waals surface area contributed by atoms with Gasteiger partial charge in [0.1, 0.15) is 6.33 Å². The first-order valence-electron chi connectivity index (χ1n) is 6.67. The van der Waals surface area contributed by atoms with Crippen molar-refractivity contribution in [1.82, 2.24) is 20.2 Å². The van der Waals surface area contributed by atoms with Crippen molar-refractivity contribution >= 4 is 34.2 Å². The third-order valence-electron chi connectivity index (χ3n) is 2.82. The topological polar surface area (TPSA) is 113 Å². The number of benzene rings is 1. The van der Waals surface area contributed by atoms with Crippen LogP contribution in [0.5, 0.6) is 0 Å². The summed E-state index contributed by atoms with van der Waals surface area (Å²) in [6, 6.07) is 8.85. The molecule has 1 aromatic carbocycles. The Morgan fingerprint density at radius 3 is 2.74 bits per heavy atom. The highest BCUT2D eigenvalue weighted by molar-refractivity contribution is 7.14. The number of nitrogens with zero attached hydrogens (tertiary/aromatic N) is 3. The van der Waals surface area contributed by atoms with Crippen molar-refractivity contribution in [2.45, 2.75) is 6.42 Å². The molecule has 2 heterocycles. The summed E-state index contributed by atoms with van der Waals surface area (Å²) < 4.78 is 0. The Labute approximate surface area is 135 Å². The molecule has 0 aliphatic rings. The molecular formula is C14H12N6O2S. The van der Waals surface area contributed by atoms with Crippen LogP contribution in [0.4, 0.5) is 11.1 Å². The van der Waals surface area contributed by atoms with Gasteiger partial charge in [-0.25, -0.2) is 10.1 Å². The highest BCUT2D eigenvalue weighted by Crippen LogP contribution is 2.17. The zero-order valence-electron chi connectivity index (χ0n) is 11.8. The maximum absolute atomic E-state index is 12.0. The van der Waals surface area contributed by atoms with E-state index in [9.17, 15) is 9.59 Å². The van der Waals surface area contributed by atoms with Crippen molar-refractivity contribution < 1.29 is 9.59 Å². The largest absolute Gasteiger partial charge is 0.298 e. The number of anilines is 2. The lowest BCUT2D eigenvalue weighted by Crippen LogP contribution is -2.16. The van der Waals surface area contributed by atoms with Gasteiger partial charge in [-0.3, -0.25) is 20.2 Å². The molecule has 3 rings (SSSR count). The Bertz CT molecular complexity index is 800. The predicted octanol–water partition coefficient (Wildman–Crippen LogP) is 1.69. The fourth-order valence-electron chi connectivity index (χ4n) is 1.81. The molecule has 2 amide bonds. The van der Waals surface area contributed by atoms with E-state index in [0.29, 0.717) is 16.4 Å². The molecule has 3 aromatic rings. The summed E-state index contributed by atoms with van der Waals surface area (Å²) in [5.41, 5.74) is 1.11. The molecule has 3 N–H and O–H groups in total. The fourth-order valence-corrected chi connectivity index (χ4v) is 2.52. The Kier molecular flexibility index (Phi) is 4.39. The van der Waals surface area contributed by atoms with Gasteiger partial charge in [-0.15, -0.1) is 11.3 Å². The molecule has 0 aliphatic carbocycles. The van der Waals surface area contributed by atoms with Crippen LogP contribution in [0, 0.1) is 0 Å². The van der Waals surface area contributed by atoms with Gasteiger partial charge in [0.05, 0.1) is 12.1 Å². The van der Waals surface area contributed by atoms with Crippen LogP contribution in [0.2, 0.25) is 0 Å². The van der Waals surface area contributed by atoms with E-state index in [0.717, 1.165) is 0 Å². The molecule has 9 heteroatoms. The number of amides is 2. The lowest BCUT2D eigenvalue weighted by atomic mass is 10.2. The first kappa shape index (κ1) is 14.9. The minimum atomic E-state index is -0.270. The van der Waals surface area contributed by atoms with E-state index in [-0.39, 0.29) is 24.2 Å². The van der Waals surface area contributed by atoms with E-state index in [2.05, 4.69) is 30.8 Å². The van der Waals surface area contributed by atoms with Crippen molar-refractivity contribution in [1.29, 1.82) is 0 Å². The number of rotatable bonds is 5. The zero-order valence-corrected chi connectivity index (χ0v) is 12.6. The van der Waals surface area contributed by atoms with Crippen molar-refractivity contribution in [2.75, 3.05) is 10.6 Å². The number of hydrogen-bond acceptors (Lipinski definition) is 6. The second-order valence-electron chi connectivity index (χ2n) is 4.52. The smallest absolute Gasteiger partial charge is 0.257 e. The third kappa shape index (κ3) is 3.98. The van der Waals surface area contributed by atoms with E-state index in [1.807, 2.05) is 6.07 Å². The Morgan fingerprint density at radius 1 is 1.17 bits per heavy atom. The lowest BCUT2D eigenvalue weighted by Gasteiger charge is -2.01. The van der Waals surface area contributed by atoms with Crippen LogP contribution in [-0.2, 0) is 11.2 Å². The average Bonchev–Trinajstić information content (AvgIpc) is 3.20. The summed E-state index contributed by atoms with van der Waals surface area (Å²) in [7, 11) is 0. The van der Waals surface area contributed by atoms with Crippen LogP contribution in [0.15, 0.2) is 42.0 Å². The van der Waals surface area contributed by atoms with Gasteiger partial charge in [0.25, 0.3) is 5.91 Å². The number of hydrogen-bond donors (Lipinski definition) is 3. The third-order valence-corrected chi connectivity index (χ3v) is 3.63. The van der Waals surface area contributed by atoms with Crippen LogP contribution < -0.4 is 10.6 Å². The predicted molar refractivity (Wildman–Crippen MR) is 85.2 cm³/mol. The average molecular weight is 328 g/mol. The molecule has 2 aromatic heterocycles. The summed E-state index contributed by atoms with van der Waals surface area (Å²) in [6.07, 6.45) is 1.38. The van der Waals surface area contributed by atoms with Gasteiger partial charge in [-0.1, -0.05) is 18.2 Å². The van der Waals surface area contributed by atoms with Gasteiger partial charge in [-0.05, 0) is 12.1 Å². The molecule has 0 fully saturated rings. The number of carbonyl (C=O) groups is 2. The summed E-state index contributed by atoms with van der Waals surface area (Å²) in [5.74, 6) is -0.228. The minimum Gasteiger partial charge on any atom is -0.298 e. The number of nitrogens with one attached hydrogen (secondary N) is 3. The first-order valence-corrected chi connectivity index (χ1v) is 7.55. The molecule has 0 saturated carbocycles. The molecule has 0 spiro atoms. The van der Waals surface area contributed by atoms with Gasteiger partial charge in [0, 0.05) is 10.9 Å². The highest BCUT2D eigenvalue weighted by atomic mass is 32.1. The fraction of sp³-hybridized carbons (Fsp3) is 0.0714. The molecule has 8 nitrogen and oxygen atoms in total. The van der Waals surface area contributed by atoms with Crippen molar-refractivity contribution in [3.8, 4) is 0 Å². The van der Waals surface area contributed by atoms with Gasteiger partial charge in [0.15, 0.2) is 5.13 Å². The molecule has 23 heavy (non-hydrogen) atoms. The number of thiazole rings is 1. The van der Waals surface area contributed by atoms with Gasteiger partial charge in [0.2, 0.25) is 11.9 Å². The zero-order chi connectivity index (χ0) is 16.1. The molecule has 0 saturated heterocycles. The van der Waals surface area contributed by atoms with Crippen LogP contribution in [0.3, 0.4) is 0 Å². The van der Waals surface area contributed by atoms with E-state index in [1.165, 1.54) is 17.7 Å². The van der Waals surface area contributed by atoms with Crippen LogP contribution in [-0.4, -0.2) is 32.0 Å². The molecule has 0 bridgehead atoms. The SMILES string of the molecule is O=C(Cc1csc(NC(=O)c2ccccc2)n1)Nc1ncn[nH]1. The summed E-state index contributed by atoms with van der Waals surface area (Å²) >= 11 is 1.26. The van der Waals surface area contributed by atoms with Crippen LogP contribution in [0.25, 0.3) is 0 Å². The van der Waals surface area contributed by atoms with Crippen LogP contribution in [0.1, 0.15) is 16.1 Å². The maximum atomic E-state index is 12.0. The second kappa shape index (κ2) is 6.79. The molecule has 116 valence electrons. The molecule has 0 unspecified atom stereocenters. The summed E-state index contributed by atoms with van der Waals surface area (Å²) in [5, 5.41) is 13.6. The van der Waals surface area contributed by atoms with E-state index in [1.54, 1.807) is 29.6 Å². The molecular weight excluding hydrogens is 316 g/mol. The van der Waals surface area contributed by atoms with Gasteiger partial charge in [-0.2, -0.15) is 10.1 Å².